The van der Waals surface area contributed by atoms with Gasteiger partial charge >= 0.3 is 0 Å². The van der Waals surface area contributed by atoms with Crippen LogP contribution in [0.2, 0.25) is 0 Å². The molecule has 2 atom stereocenters. The largest absolute Gasteiger partial charge is 0.316 e. The maximum Gasteiger partial charge on any atom is 0.00700 e. The zero-order chi connectivity index (χ0) is 11.3. The predicted octanol–water partition coefficient (Wildman–Crippen LogP) is 2.35. The Morgan fingerprint density at radius 3 is 2.60 bits per heavy atom. The Morgan fingerprint density at radius 1 is 1.33 bits per heavy atom. The molecule has 0 amide bonds. The van der Waals surface area contributed by atoms with Crippen LogP contribution in [0.4, 0.5) is 0 Å². The van der Waals surface area contributed by atoms with Crippen LogP contribution in [0.1, 0.15) is 40.5 Å². The number of nitrogens with zero attached hydrogens (tertiary/aromatic N) is 1. The van der Waals surface area contributed by atoms with E-state index in [1.165, 1.54) is 32.5 Å². The Kier molecular flexibility index (Phi) is 5.62. The lowest BCUT2D eigenvalue weighted by Gasteiger charge is -2.20. The van der Waals surface area contributed by atoms with Gasteiger partial charge in [-0.15, -0.1) is 0 Å². The summed E-state index contributed by atoms with van der Waals surface area (Å²) in [6, 6.07) is 0.810. The second-order valence-electron chi connectivity index (χ2n) is 5.64. The maximum absolute atomic E-state index is 3.51. The van der Waals surface area contributed by atoms with Gasteiger partial charge in [0.05, 0.1) is 0 Å². The molecular formula is C13H28N2. The van der Waals surface area contributed by atoms with Crippen molar-refractivity contribution in [2.45, 2.75) is 46.6 Å². The van der Waals surface area contributed by atoms with Crippen LogP contribution >= 0.6 is 0 Å². The number of likely N-dealkylation sites (tertiary alicyclic amines) is 1. The Bertz CT molecular complexity index is 168. The Hall–Kier alpha value is -0.0800. The van der Waals surface area contributed by atoms with Gasteiger partial charge in [0.25, 0.3) is 0 Å². The highest BCUT2D eigenvalue weighted by Gasteiger charge is 2.24. The first kappa shape index (κ1) is 13.0. The topological polar surface area (TPSA) is 15.3 Å². The van der Waals surface area contributed by atoms with E-state index in [0.29, 0.717) is 0 Å². The molecule has 0 radical (unpaired) electrons. The van der Waals surface area contributed by atoms with Gasteiger partial charge in [0.15, 0.2) is 0 Å². The molecule has 0 aromatic carbocycles. The first-order chi connectivity index (χ1) is 7.09. The minimum absolute atomic E-state index is 0.774. The van der Waals surface area contributed by atoms with Gasteiger partial charge in [0.2, 0.25) is 0 Å². The van der Waals surface area contributed by atoms with E-state index in [0.717, 1.165) is 24.4 Å². The van der Waals surface area contributed by atoms with Gasteiger partial charge < -0.3 is 10.2 Å². The van der Waals surface area contributed by atoms with Crippen LogP contribution < -0.4 is 5.32 Å². The van der Waals surface area contributed by atoms with E-state index in [-0.39, 0.29) is 0 Å². The molecule has 1 N–H and O–H groups in total. The molecule has 0 aliphatic carbocycles. The van der Waals surface area contributed by atoms with Gasteiger partial charge in [0.1, 0.15) is 0 Å². The minimum Gasteiger partial charge on any atom is -0.316 e. The average molecular weight is 212 g/mol. The summed E-state index contributed by atoms with van der Waals surface area (Å²) in [4.78, 5) is 2.64. The molecule has 0 saturated carbocycles. The Morgan fingerprint density at radius 2 is 2.07 bits per heavy atom. The molecule has 2 unspecified atom stereocenters. The molecule has 1 rings (SSSR count). The van der Waals surface area contributed by atoms with Gasteiger partial charge in [-0.2, -0.15) is 0 Å². The summed E-state index contributed by atoms with van der Waals surface area (Å²) >= 11 is 0. The third-order valence-electron chi connectivity index (χ3n) is 3.26. The first-order valence-electron chi connectivity index (χ1n) is 6.54. The van der Waals surface area contributed by atoms with E-state index in [1.807, 2.05) is 0 Å². The zero-order valence-corrected chi connectivity index (χ0v) is 10.9. The average Bonchev–Trinajstić information content (AvgIpc) is 2.44. The van der Waals surface area contributed by atoms with E-state index < -0.39 is 0 Å². The van der Waals surface area contributed by atoms with Crippen molar-refractivity contribution < 1.29 is 0 Å². The molecule has 1 fully saturated rings. The van der Waals surface area contributed by atoms with Gasteiger partial charge in [-0.3, -0.25) is 0 Å². The molecule has 0 aromatic rings. The van der Waals surface area contributed by atoms with Crippen molar-refractivity contribution in [3.8, 4) is 0 Å². The second-order valence-corrected chi connectivity index (χ2v) is 5.64. The van der Waals surface area contributed by atoms with Crippen LogP contribution in [0.5, 0.6) is 0 Å². The molecule has 15 heavy (non-hydrogen) atoms. The molecule has 1 heterocycles. The standard InChI is InChI=1S/C13H28N2/c1-11(2)9-14-6-5-7-15-10-12(3)8-13(15)4/h11-14H,5-10H2,1-4H3. The minimum atomic E-state index is 0.774. The van der Waals surface area contributed by atoms with Crippen molar-refractivity contribution in [2.24, 2.45) is 11.8 Å². The lowest BCUT2D eigenvalue weighted by Crippen LogP contribution is -2.31. The van der Waals surface area contributed by atoms with Crippen LogP contribution in [0.3, 0.4) is 0 Å². The van der Waals surface area contributed by atoms with Crippen LogP contribution in [0.15, 0.2) is 0 Å². The fourth-order valence-electron chi connectivity index (χ4n) is 2.50. The van der Waals surface area contributed by atoms with Crippen molar-refractivity contribution in [1.29, 1.82) is 0 Å². The SMILES string of the molecule is CC(C)CNCCCN1CC(C)CC1C. The molecule has 2 nitrogen and oxygen atoms in total. The summed E-state index contributed by atoms with van der Waals surface area (Å²) in [5.41, 5.74) is 0. The molecule has 0 bridgehead atoms. The Balaban J connectivity index is 2.00. The molecule has 1 aliphatic heterocycles. The molecule has 0 spiro atoms. The summed E-state index contributed by atoms with van der Waals surface area (Å²) in [7, 11) is 0. The summed E-state index contributed by atoms with van der Waals surface area (Å²) in [5, 5.41) is 3.51. The molecule has 90 valence electrons. The van der Waals surface area contributed by atoms with Crippen LogP contribution in [-0.4, -0.2) is 37.1 Å². The maximum atomic E-state index is 3.51. The van der Waals surface area contributed by atoms with E-state index in [2.05, 4.69) is 37.9 Å². The van der Waals surface area contributed by atoms with E-state index in [9.17, 15) is 0 Å². The fraction of sp³-hybridized carbons (Fsp3) is 1.00. The summed E-state index contributed by atoms with van der Waals surface area (Å²) in [5.74, 6) is 1.68. The van der Waals surface area contributed by atoms with Crippen molar-refractivity contribution in [1.82, 2.24) is 10.2 Å². The lowest BCUT2D eigenvalue weighted by atomic mass is 10.1. The number of rotatable bonds is 6. The van der Waals surface area contributed by atoms with E-state index >= 15 is 0 Å². The molecular weight excluding hydrogens is 184 g/mol. The van der Waals surface area contributed by atoms with Crippen LogP contribution in [0, 0.1) is 11.8 Å². The van der Waals surface area contributed by atoms with Crippen molar-refractivity contribution in [3.05, 3.63) is 0 Å². The van der Waals surface area contributed by atoms with Gasteiger partial charge in [-0.05, 0) is 51.2 Å². The quantitative estimate of drug-likeness (QED) is 0.680. The van der Waals surface area contributed by atoms with Crippen molar-refractivity contribution >= 4 is 0 Å². The lowest BCUT2D eigenvalue weighted by molar-refractivity contribution is 0.260. The number of nitrogens with one attached hydrogen (secondary N) is 1. The van der Waals surface area contributed by atoms with E-state index in [4.69, 9.17) is 0 Å². The van der Waals surface area contributed by atoms with E-state index in [1.54, 1.807) is 0 Å². The molecule has 1 aliphatic rings. The fourth-order valence-corrected chi connectivity index (χ4v) is 2.50. The Labute approximate surface area is 95.4 Å². The zero-order valence-electron chi connectivity index (χ0n) is 10.9. The van der Waals surface area contributed by atoms with Gasteiger partial charge in [0, 0.05) is 12.6 Å². The summed E-state index contributed by atoms with van der Waals surface area (Å²) < 4.78 is 0. The summed E-state index contributed by atoms with van der Waals surface area (Å²) in [6.45, 7) is 14.2. The van der Waals surface area contributed by atoms with Crippen molar-refractivity contribution in [3.63, 3.8) is 0 Å². The molecule has 2 heteroatoms. The van der Waals surface area contributed by atoms with Gasteiger partial charge in [-0.25, -0.2) is 0 Å². The smallest absolute Gasteiger partial charge is 0.00700 e. The highest BCUT2D eigenvalue weighted by Crippen LogP contribution is 2.21. The molecule has 1 saturated heterocycles. The molecule has 0 aromatic heterocycles. The van der Waals surface area contributed by atoms with Crippen molar-refractivity contribution in [2.75, 3.05) is 26.2 Å². The summed E-state index contributed by atoms with van der Waals surface area (Å²) in [6.07, 6.45) is 2.68. The highest BCUT2D eigenvalue weighted by atomic mass is 15.2. The van der Waals surface area contributed by atoms with Crippen LogP contribution in [0.25, 0.3) is 0 Å². The normalized spacial score (nSPS) is 27.8. The third kappa shape index (κ3) is 4.98. The number of hydrogen-bond donors (Lipinski definition) is 1. The first-order valence-corrected chi connectivity index (χ1v) is 6.54. The van der Waals surface area contributed by atoms with Crippen LogP contribution in [-0.2, 0) is 0 Å². The predicted molar refractivity (Wildman–Crippen MR) is 67.1 cm³/mol. The second kappa shape index (κ2) is 6.49. The van der Waals surface area contributed by atoms with Gasteiger partial charge in [-0.1, -0.05) is 20.8 Å². The number of hydrogen-bond acceptors (Lipinski definition) is 2. The third-order valence-corrected chi connectivity index (χ3v) is 3.26. The monoisotopic (exact) mass is 212 g/mol. The highest BCUT2D eigenvalue weighted by molar-refractivity contribution is 4.79.